The molecule has 4 aromatic rings. The molecule has 5 rings (SSSR count). The number of aromatic nitrogens is 1. The van der Waals surface area contributed by atoms with Crippen molar-refractivity contribution < 1.29 is 19.1 Å². The standard InChI is InChI=1S/C31H33ClN4O4/c1-3-40-31(38)29-28(25-19-24(39-2)13-14-26(25)33-29)34-27(37)20-35-15-17-36(18-16-35)30(21-7-5-4-6-8-21)22-9-11-23(32)12-10-22/h4-14,19,30,33H,3,15-18,20H2,1-2H3,(H,34,37)/t30-/m0/s1. The van der Waals surface area contributed by atoms with E-state index in [0.717, 1.165) is 26.2 Å². The number of benzene rings is 3. The van der Waals surface area contributed by atoms with Crippen LogP contribution in [-0.4, -0.2) is 73.1 Å². The SMILES string of the molecule is CCOC(=O)c1[nH]c2ccc(OC)cc2c1NC(=O)CN1CCN([C@@H](c2ccccc2)c2ccc(Cl)cc2)CC1. The van der Waals surface area contributed by atoms with E-state index in [0.29, 0.717) is 27.4 Å². The Morgan fingerprint density at radius 1 is 0.975 bits per heavy atom. The molecule has 1 amide bonds. The molecule has 1 saturated heterocycles. The quantitative estimate of drug-likeness (QED) is 0.268. The maximum absolute atomic E-state index is 13.2. The van der Waals surface area contributed by atoms with E-state index < -0.39 is 5.97 Å². The number of hydrogen-bond donors (Lipinski definition) is 2. The zero-order valence-electron chi connectivity index (χ0n) is 22.7. The smallest absolute Gasteiger partial charge is 0.356 e. The van der Waals surface area contributed by atoms with Gasteiger partial charge in [0.1, 0.15) is 11.4 Å². The maximum atomic E-state index is 13.2. The Kier molecular flexibility index (Phi) is 8.69. The highest BCUT2D eigenvalue weighted by Gasteiger charge is 2.28. The summed E-state index contributed by atoms with van der Waals surface area (Å²) >= 11 is 6.16. The van der Waals surface area contributed by atoms with Crippen LogP contribution >= 0.6 is 11.6 Å². The molecule has 208 valence electrons. The van der Waals surface area contributed by atoms with E-state index in [9.17, 15) is 9.59 Å². The predicted octanol–water partition coefficient (Wildman–Crippen LogP) is 5.35. The number of ether oxygens (including phenoxy) is 2. The van der Waals surface area contributed by atoms with Crippen LogP contribution in [0.2, 0.25) is 5.02 Å². The Labute approximate surface area is 238 Å². The second kappa shape index (κ2) is 12.6. The topological polar surface area (TPSA) is 86.9 Å². The molecule has 1 aromatic heterocycles. The number of hydrogen-bond acceptors (Lipinski definition) is 6. The third kappa shape index (κ3) is 6.14. The number of carbonyl (C=O) groups is 2. The van der Waals surface area contributed by atoms with Gasteiger partial charge in [-0.15, -0.1) is 0 Å². The Hall–Kier alpha value is -3.85. The van der Waals surface area contributed by atoms with Crippen molar-refractivity contribution in [1.29, 1.82) is 0 Å². The van der Waals surface area contributed by atoms with Gasteiger partial charge in [-0.1, -0.05) is 54.1 Å². The van der Waals surface area contributed by atoms with Gasteiger partial charge < -0.3 is 19.8 Å². The van der Waals surface area contributed by atoms with E-state index in [1.807, 2.05) is 24.3 Å². The monoisotopic (exact) mass is 560 g/mol. The van der Waals surface area contributed by atoms with Crippen LogP contribution in [0.1, 0.15) is 34.6 Å². The fraction of sp³-hybridized carbons (Fsp3) is 0.290. The van der Waals surface area contributed by atoms with Crippen molar-refractivity contribution in [3.05, 3.63) is 94.6 Å². The molecule has 2 heterocycles. The highest BCUT2D eigenvalue weighted by atomic mass is 35.5. The predicted molar refractivity (Wildman–Crippen MR) is 157 cm³/mol. The molecule has 0 saturated carbocycles. The molecular formula is C31H33ClN4O4. The molecule has 0 radical (unpaired) electrons. The molecule has 3 aromatic carbocycles. The fourth-order valence-electron chi connectivity index (χ4n) is 5.24. The second-order valence-electron chi connectivity index (χ2n) is 9.73. The summed E-state index contributed by atoms with van der Waals surface area (Å²) < 4.78 is 10.6. The molecule has 2 N–H and O–H groups in total. The van der Waals surface area contributed by atoms with E-state index in [4.69, 9.17) is 21.1 Å². The molecule has 0 spiro atoms. The minimum absolute atomic E-state index is 0.0998. The van der Waals surface area contributed by atoms with Crippen LogP contribution in [0, 0.1) is 0 Å². The first-order valence-corrected chi connectivity index (χ1v) is 13.8. The summed E-state index contributed by atoms with van der Waals surface area (Å²) in [5, 5.41) is 4.37. The van der Waals surface area contributed by atoms with E-state index in [1.165, 1.54) is 11.1 Å². The van der Waals surface area contributed by atoms with Gasteiger partial charge in [-0.3, -0.25) is 14.6 Å². The van der Waals surface area contributed by atoms with Crippen molar-refractivity contribution in [2.45, 2.75) is 13.0 Å². The third-order valence-electron chi connectivity index (χ3n) is 7.19. The zero-order chi connectivity index (χ0) is 28.1. The number of aromatic amines is 1. The van der Waals surface area contributed by atoms with Crippen molar-refractivity contribution in [3.8, 4) is 5.75 Å². The number of carbonyl (C=O) groups excluding carboxylic acids is 2. The van der Waals surface area contributed by atoms with E-state index >= 15 is 0 Å². The number of esters is 1. The van der Waals surface area contributed by atoms with Gasteiger partial charge in [0.2, 0.25) is 5.91 Å². The Morgan fingerprint density at radius 2 is 1.68 bits per heavy atom. The van der Waals surface area contributed by atoms with Crippen LogP contribution in [0.3, 0.4) is 0 Å². The van der Waals surface area contributed by atoms with E-state index in [1.54, 1.807) is 26.2 Å². The summed E-state index contributed by atoms with van der Waals surface area (Å²) in [6, 6.07) is 24.0. The first-order valence-electron chi connectivity index (χ1n) is 13.4. The molecule has 0 unspecified atom stereocenters. The number of nitrogens with one attached hydrogen (secondary N) is 2. The normalized spacial score (nSPS) is 15.1. The number of piperazine rings is 1. The summed E-state index contributed by atoms with van der Waals surface area (Å²) in [6.45, 7) is 5.25. The van der Waals surface area contributed by atoms with Gasteiger partial charge in [-0.05, 0) is 48.4 Å². The van der Waals surface area contributed by atoms with Crippen molar-refractivity contribution in [2.24, 2.45) is 0 Å². The summed E-state index contributed by atoms with van der Waals surface area (Å²) in [7, 11) is 1.58. The number of H-pyrrole nitrogens is 1. The van der Waals surface area contributed by atoms with Crippen LogP contribution in [0.5, 0.6) is 5.75 Å². The lowest BCUT2D eigenvalue weighted by Gasteiger charge is -2.39. The van der Waals surface area contributed by atoms with Gasteiger partial charge in [0.25, 0.3) is 0 Å². The molecule has 1 fully saturated rings. The Balaban J connectivity index is 1.28. The highest BCUT2D eigenvalue weighted by molar-refractivity contribution is 6.30. The molecule has 0 aliphatic carbocycles. The molecule has 9 heteroatoms. The zero-order valence-corrected chi connectivity index (χ0v) is 23.4. The summed E-state index contributed by atoms with van der Waals surface area (Å²) in [5.41, 5.74) is 3.74. The van der Waals surface area contributed by atoms with Crippen molar-refractivity contribution in [2.75, 3.05) is 51.8 Å². The number of methoxy groups -OCH3 is 1. The number of anilines is 1. The van der Waals surface area contributed by atoms with Gasteiger partial charge in [-0.2, -0.15) is 0 Å². The first kappa shape index (κ1) is 27.7. The van der Waals surface area contributed by atoms with E-state index in [-0.39, 0.29) is 30.8 Å². The highest BCUT2D eigenvalue weighted by Crippen LogP contribution is 2.32. The van der Waals surface area contributed by atoms with Gasteiger partial charge in [-0.25, -0.2) is 4.79 Å². The Bertz CT molecular complexity index is 1460. The van der Waals surface area contributed by atoms with Crippen LogP contribution in [-0.2, 0) is 9.53 Å². The average molecular weight is 561 g/mol. The fourth-order valence-corrected chi connectivity index (χ4v) is 5.37. The molecular weight excluding hydrogens is 528 g/mol. The van der Waals surface area contributed by atoms with Crippen molar-refractivity contribution >= 4 is 40.1 Å². The molecule has 40 heavy (non-hydrogen) atoms. The summed E-state index contributed by atoms with van der Waals surface area (Å²) in [4.78, 5) is 33.5. The van der Waals surface area contributed by atoms with Crippen LogP contribution in [0.25, 0.3) is 10.9 Å². The largest absolute Gasteiger partial charge is 0.497 e. The lowest BCUT2D eigenvalue weighted by molar-refractivity contribution is -0.117. The van der Waals surface area contributed by atoms with Crippen molar-refractivity contribution in [3.63, 3.8) is 0 Å². The number of nitrogens with zero attached hydrogens (tertiary/aromatic N) is 2. The number of rotatable bonds is 9. The summed E-state index contributed by atoms with van der Waals surface area (Å²) in [5.74, 6) is -0.0852. The van der Waals surface area contributed by atoms with Crippen LogP contribution in [0.4, 0.5) is 5.69 Å². The molecule has 1 aliphatic rings. The van der Waals surface area contributed by atoms with Crippen LogP contribution < -0.4 is 10.1 Å². The van der Waals surface area contributed by atoms with Crippen molar-refractivity contribution in [1.82, 2.24) is 14.8 Å². The number of halogens is 1. The van der Waals surface area contributed by atoms with Gasteiger partial charge in [0, 0.05) is 42.1 Å². The molecule has 1 atom stereocenters. The maximum Gasteiger partial charge on any atom is 0.356 e. The van der Waals surface area contributed by atoms with Gasteiger partial charge in [0.15, 0.2) is 0 Å². The third-order valence-corrected chi connectivity index (χ3v) is 7.44. The number of fused-ring (bicyclic) bond motifs is 1. The molecule has 0 bridgehead atoms. The second-order valence-corrected chi connectivity index (χ2v) is 10.2. The Morgan fingerprint density at radius 3 is 2.35 bits per heavy atom. The molecule has 1 aliphatic heterocycles. The first-order chi connectivity index (χ1) is 19.5. The summed E-state index contributed by atoms with van der Waals surface area (Å²) in [6.07, 6.45) is 0. The van der Waals surface area contributed by atoms with Crippen LogP contribution in [0.15, 0.2) is 72.8 Å². The average Bonchev–Trinajstić information content (AvgIpc) is 3.33. The lowest BCUT2D eigenvalue weighted by atomic mass is 9.96. The number of amides is 1. The van der Waals surface area contributed by atoms with Gasteiger partial charge >= 0.3 is 5.97 Å². The lowest BCUT2D eigenvalue weighted by Crippen LogP contribution is -2.49. The van der Waals surface area contributed by atoms with E-state index in [2.05, 4.69) is 56.5 Å². The van der Waals surface area contributed by atoms with Gasteiger partial charge in [0.05, 0.1) is 32.0 Å². The minimum Gasteiger partial charge on any atom is -0.497 e. The minimum atomic E-state index is -0.518. The molecule has 8 nitrogen and oxygen atoms in total.